The maximum atomic E-state index is 6.02. The van der Waals surface area contributed by atoms with Crippen LogP contribution in [0.15, 0.2) is 24.3 Å². The van der Waals surface area contributed by atoms with Crippen molar-refractivity contribution < 1.29 is 4.74 Å². The standard InChI is InChI=1S/C19H31NO/c1-4-15-21-17-12-8-7-11-16(17)18(20-6-3)19(5-2)13-9-10-14-19/h7-8,11-12,18,20H,4-6,9-10,13-15H2,1-3H3. The van der Waals surface area contributed by atoms with Gasteiger partial charge in [0.1, 0.15) is 5.75 Å². The van der Waals surface area contributed by atoms with E-state index in [0.717, 1.165) is 25.3 Å². The van der Waals surface area contributed by atoms with Crippen LogP contribution in [0.3, 0.4) is 0 Å². The summed E-state index contributed by atoms with van der Waals surface area (Å²) in [5.74, 6) is 1.07. The van der Waals surface area contributed by atoms with E-state index in [9.17, 15) is 0 Å². The largest absolute Gasteiger partial charge is 0.493 e. The second-order valence-electron chi connectivity index (χ2n) is 6.30. The van der Waals surface area contributed by atoms with Crippen LogP contribution in [0, 0.1) is 5.41 Å². The molecule has 21 heavy (non-hydrogen) atoms. The first kappa shape index (κ1) is 16.4. The second-order valence-corrected chi connectivity index (χ2v) is 6.30. The summed E-state index contributed by atoms with van der Waals surface area (Å²) >= 11 is 0. The molecule has 1 atom stereocenters. The number of hydrogen-bond acceptors (Lipinski definition) is 2. The fourth-order valence-electron chi connectivity index (χ4n) is 3.85. The summed E-state index contributed by atoms with van der Waals surface area (Å²) in [6.45, 7) is 8.53. The predicted octanol–water partition coefficient (Wildman–Crippen LogP) is 5.10. The molecular weight excluding hydrogens is 258 g/mol. The number of para-hydroxylation sites is 1. The van der Waals surface area contributed by atoms with E-state index in [1.807, 2.05) is 0 Å². The Morgan fingerprint density at radius 2 is 1.86 bits per heavy atom. The Morgan fingerprint density at radius 3 is 2.48 bits per heavy atom. The van der Waals surface area contributed by atoms with E-state index in [1.165, 1.54) is 37.7 Å². The van der Waals surface area contributed by atoms with Crippen molar-refractivity contribution in [2.24, 2.45) is 5.41 Å². The molecule has 1 saturated carbocycles. The van der Waals surface area contributed by atoms with Gasteiger partial charge in [-0.05, 0) is 43.7 Å². The zero-order valence-electron chi connectivity index (χ0n) is 14.0. The van der Waals surface area contributed by atoms with Gasteiger partial charge < -0.3 is 10.1 Å². The zero-order chi connectivity index (χ0) is 15.1. The molecule has 1 aromatic carbocycles. The van der Waals surface area contributed by atoms with Crippen molar-refractivity contribution in [2.45, 2.75) is 65.3 Å². The van der Waals surface area contributed by atoms with Gasteiger partial charge in [0, 0.05) is 11.6 Å². The maximum Gasteiger partial charge on any atom is 0.124 e. The van der Waals surface area contributed by atoms with Crippen LogP contribution in [0.1, 0.15) is 70.9 Å². The van der Waals surface area contributed by atoms with E-state index in [4.69, 9.17) is 4.74 Å². The minimum absolute atomic E-state index is 0.404. The van der Waals surface area contributed by atoms with Gasteiger partial charge in [0.25, 0.3) is 0 Å². The average molecular weight is 289 g/mol. The SMILES string of the molecule is CCCOc1ccccc1C(NCC)C1(CC)CCCC1. The summed E-state index contributed by atoms with van der Waals surface area (Å²) < 4.78 is 6.02. The second kappa shape index (κ2) is 7.84. The normalized spacial score (nSPS) is 18.6. The topological polar surface area (TPSA) is 21.3 Å². The number of ether oxygens (including phenoxy) is 1. The summed E-state index contributed by atoms with van der Waals surface area (Å²) in [5, 5.41) is 3.77. The molecule has 2 rings (SSSR count). The Balaban J connectivity index is 2.33. The molecule has 1 aliphatic rings. The molecule has 0 aromatic heterocycles. The van der Waals surface area contributed by atoms with E-state index < -0.39 is 0 Å². The molecule has 0 aliphatic heterocycles. The third kappa shape index (κ3) is 3.60. The molecule has 1 fully saturated rings. The summed E-state index contributed by atoms with van der Waals surface area (Å²) in [7, 11) is 0. The number of benzene rings is 1. The molecule has 0 spiro atoms. The van der Waals surface area contributed by atoms with Gasteiger partial charge in [-0.3, -0.25) is 0 Å². The lowest BCUT2D eigenvalue weighted by molar-refractivity contribution is 0.183. The van der Waals surface area contributed by atoms with Crippen molar-refractivity contribution in [1.29, 1.82) is 0 Å². The van der Waals surface area contributed by atoms with Crippen molar-refractivity contribution in [3.63, 3.8) is 0 Å². The van der Waals surface area contributed by atoms with Gasteiger partial charge in [0.2, 0.25) is 0 Å². The van der Waals surface area contributed by atoms with Crippen LogP contribution in [0.25, 0.3) is 0 Å². The van der Waals surface area contributed by atoms with Gasteiger partial charge in [0.05, 0.1) is 6.61 Å². The van der Waals surface area contributed by atoms with Crippen molar-refractivity contribution in [2.75, 3.05) is 13.2 Å². The van der Waals surface area contributed by atoms with Crippen LogP contribution in [0.5, 0.6) is 5.75 Å². The summed E-state index contributed by atoms with van der Waals surface area (Å²) in [6.07, 6.45) is 7.71. The van der Waals surface area contributed by atoms with Gasteiger partial charge in [-0.1, -0.05) is 51.8 Å². The van der Waals surface area contributed by atoms with E-state index in [2.05, 4.69) is 50.4 Å². The number of nitrogens with one attached hydrogen (secondary N) is 1. The Labute approximate surface area is 130 Å². The van der Waals surface area contributed by atoms with Crippen LogP contribution in [-0.4, -0.2) is 13.2 Å². The smallest absolute Gasteiger partial charge is 0.124 e. The molecule has 0 radical (unpaired) electrons. The van der Waals surface area contributed by atoms with Gasteiger partial charge >= 0.3 is 0 Å². The lowest BCUT2D eigenvalue weighted by atomic mass is 9.73. The molecule has 0 heterocycles. The lowest BCUT2D eigenvalue weighted by Gasteiger charge is -2.38. The van der Waals surface area contributed by atoms with Gasteiger partial charge in [-0.2, -0.15) is 0 Å². The Morgan fingerprint density at radius 1 is 1.14 bits per heavy atom. The van der Waals surface area contributed by atoms with Crippen molar-refractivity contribution in [3.05, 3.63) is 29.8 Å². The lowest BCUT2D eigenvalue weighted by Crippen LogP contribution is -2.36. The highest BCUT2D eigenvalue weighted by molar-refractivity contribution is 5.37. The molecule has 0 amide bonds. The van der Waals surface area contributed by atoms with E-state index >= 15 is 0 Å². The Bertz CT molecular complexity index is 423. The molecule has 1 N–H and O–H groups in total. The van der Waals surface area contributed by atoms with E-state index in [0.29, 0.717) is 11.5 Å². The highest BCUT2D eigenvalue weighted by Gasteiger charge is 2.41. The quantitative estimate of drug-likeness (QED) is 0.719. The molecule has 0 saturated heterocycles. The molecule has 2 nitrogen and oxygen atoms in total. The fraction of sp³-hybridized carbons (Fsp3) is 0.684. The summed E-state index contributed by atoms with van der Waals surface area (Å²) in [6, 6.07) is 9.05. The van der Waals surface area contributed by atoms with Crippen LogP contribution in [0.4, 0.5) is 0 Å². The monoisotopic (exact) mass is 289 g/mol. The first-order chi connectivity index (χ1) is 10.3. The number of rotatable bonds is 8. The van der Waals surface area contributed by atoms with Gasteiger partial charge in [0.15, 0.2) is 0 Å². The highest BCUT2D eigenvalue weighted by atomic mass is 16.5. The highest BCUT2D eigenvalue weighted by Crippen LogP contribution is 2.51. The molecule has 1 unspecified atom stereocenters. The Hall–Kier alpha value is -1.02. The van der Waals surface area contributed by atoms with Crippen LogP contribution >= 0.6 is 0 Å². The Kier molecular flexibility index (Phi) is 6.10. The predicted molar refractivity (Wildman–Crippen MR) is 89.8 cm³/mol. The molecular formula is C19H31NO. The summed E-state index contributed by atoms with van der Waals surface area (Å²) in [5.41, 5.74) is 1.76. The minimum Gasteiger partial charge on any atom is -0.493 e. The average Bonchev–Trinajstić information content (AvgIpc) is 3.01. The fourth-order valence-corrected chi connectivity index (χ4v) is 3.85. The van der Waals surface area contributed by atoms with Gasteiger partial charge in [-0.25, -0.2) is 0 Å². The third-order valence-corrected chi connectivity index (χ3v) is 5.02. The van der Waals surface area contributed by atoms with Crippen molar-refractivity contribution in [3.8, 4) is 5.75 Å². The zero-order valence-corrected chi connectivity index (χ0v) is 14.0. The molecule has 1 aliphatic carbocycles. The third-order valence-electron chi connectivity index (χ3n) is 5.02. The molecule has 118 valence electrons. The van der Waals surface area contributed by atoms with Crippen molar-refractivity contribution >= 4 is 0 Å². The van der Waals surface area contributed by atoms with E-state index in [-0.39, 0.29) is 0 Å². The minimum atomic E-state index is 0.404. The maximum absolute atomic E-state index is 6.02. The first-order valence-electron chi connectivity index (χ1n) is 8.72. The van der Waals surface area contributed by atoms with Crippen LogP contribution in [0.2, 0.25) is 0 Å². The van der Waals surface area contributed by atoms with Crippen molar-refractivity contribution in [1.82, 2.24) is 5.32 Å². The summed E-state index contributed by atoms with van der Waals surface area (Å²) in [4.78, 5) is 0. The molecule has 1 aromatic rings. The molecule has 0 bridgehead atoms. The van der Waals surface area contributed by atoms with Crippen LogP contribution < -0.4 is 10.1 Å². The number of hydrogen-bond donors (Lipinski definition) is 1. The first-order valence-corrected chi connectivity index (χ1v) is 8.72. The van der Waals surface area contributed by atoms with Crippen LogP contribution in [-0.2, 0) is 0 Å². The van der Waals surface area contributed by atoms with E-state index in [1.54, 1.807) is 0 Å². The van der Waals surface area contributed by atoms with Gasteiger partial charge in [-0.15, -0.1) is 0 Å². The molecule has 2 heteroatoms.